The van der Waals surface area contributed by atoms with Gasteiger partial charge in [0, 0.05) is 16.9 Å². The summed E-state index contributed by atoms with van der Waals surface area (Å²) in [6.45, 7) is 1.56. The van der Waals surface area contributed by atoms with E-state index >= 15 is 0 Å². The monoisotopic (exact) mass is 356 g/mol. The molecule has 0 heterocycles. The predicted octanol–water partition coefficient (Wildman–Crippen LogP) is 1.55. The quantitative estimate of drug-likeness (QED) is 0.690. The molecular weight excluding hydrogens is 340 g/mol. The van der Waals surface area contributed by atoms with Crippen molar-refractivity contribution in [2.45, 2.75) is 25.8 Å². The molecule has 2 amide bonds. The molecule has 0 aliphatic carbocycles. The second-order valence-electron chi connectivity index (χ2n) is 4.56. The van der Waals surface area contributed by atoms with Crippen LogP contribution in [-0.4, -0.2) is 35.5 Å². The number of carboxylic acid groups (broad SMARTS) is 1. The molecule has 0 saturated carbocycles. The molecule has 114 valence electrons. The molecule has 3 N–H and O–H groups in total. The van der Waals surface area contributed by atoms with Gasteiger partial charge in [0.05, 0.1) is 12.1 Å². The number of amides is 2. The van der Waals surface area contributed by atoms with Gasteiger partial charge in [-0.05, 0) is 41.4 Å². The van der Waals surface area contributed by atoms with Crippen LogP contribution in [0.2, 0.25) is 0 Å². The van der Waals surface area contributed by atoms with Crippen LogP contribution in [0.5, 0.6) is 0 Å². The fourth-order valence-electron chi connectivity index (χ4n) is 1.64. The first-order valence-electron chi connectivity index (χ1n) is 6.44. The van der Waals surface area contributed by atoms with E-state index in [1.165, 1.54) is 0 Å². The highest BCUT2D eigenvalue weighted by Crippen LogP contribution is 2.15. The van der Waals surface area contributed by atoms with Crippen molar-refractivity contribution in [3.8, 4) is 0 Å². The molecule has 1 rings (SSSR count). The van der Waals surface area contributed by atoms with Gasteiger partial charge in [0.1, 0.15) is 0 Å². The second-order valence-corrected chi connectivity index (χ2v) is 5.42. The predicted molar refractivity (Wildman–Crippen MR) is 80.9 cm³/mol. The van der Waals surface area contributed by atoms with Crippen LogP contribution in [-0.2, 0) is 9.59 Å². The van der Waals surface area contributed by atoms with Crippen LogP contribution in [0.4, 0.5) is 0 Å². The molecule has 0 spiro atoms. The van der Waals surface area contributed by atoms with E-state index in [1.807, 2.05) is 0 Å². The normalized spacial score (nSPS) is 11.5. The fourth-order valence-corrected chi connectivity index (χ4v) is 2.10. The Bertz CT molecular complexity index is 533. The fraction of sp³-hybridized carbons (Fsp3) is 0.357. The SMILES string of the molecule is CC(CCC(=O)O)NC(=O)CNC(=O)c1ccccc1Br. The number of aliphatic carboxylic acids is 1. The largest absolute Gasteiger partial charge is 0.481 e. The highest BCUT2D eigenvalue weighted by molar-refractivity contribution is 9.10. The van der Waals surface area contributed by atoms with Crippen molar-refractivity contribution in [1.29, 1.82) is 0 Å². The second kappa shape index (κ2) is 8.41. The van der Waals surface area contributed by atoms with Crippen molar-refractivity contribution >= 4 is 33.7 Å². The van der Waals surface area contributed by atoms with Crippen LogP contribution >= 0.6 is 15.9 Å². The third kappa shape index (κ3) is 6.40. The van der Waals surface area contributed by atoms with Crippen LogP contribution in [0.1, 0.15) is 30.1 Å². The highest BCUT2D eigenvalue weighted by atomic mass is 79.9. The summed E-state index contributed by atoms with van der Waals surface area (Å²) in [6.07, 6.45) is 0.337. The number of hydrogen-bond acceptors (Lipinski definition) is 3. The summed E-state index contributed by atoms with van der Waals surface area (Å²) >= 11 is 3.26. The molecule has 1 aromatic rings. The zero-order valence-electron chi connectivity index (χ0n) is 11.6. The maximum atomic E-state index is 11.9. The summed E-state index contributed by atoms with van der Waals surface area (Å²) in [5, 5.41) is 13.7. The maximum Gasteiger partial charge on any atom is 0.303 e. The lowest BCUT2D eigenvalue weighted by Crippen LogP contribution is -2.41. The number of nitrogens with one attached hydrogen (secondary N) is 2. The molecular formula is C14H17BrN2O4. The van der Waals surface area contributed by atoms with Gasteiger partial charge in [-0.1, -0.05) is 12.1 Å². The van der Waals surface area contributed by atoms with Crippen LogP contribution in [0.3, 0.4) is 0 Å². The number of carbonyl (C=O) groups excluding carboxylic acids is 2. The van der Waals surface area contributed by atoms with E-state index < -0.39 is 5.97 Å². The summed E-state index contributed by atoms with van der Waals surface area (Å²) < 4.78 is 0.651. The van der Waals surface area contributed by atoms with E-state index in [1.54, 1.807) is 31.2 Å². The van der Waals surface area contributed by atoms with E-state index in [0.717, 1.165) is 0 Å². The van der Waals surface area contributed by atoms with Crippen LogP contribution in [0.15, 0.2) is 28.7 Å². The number of carboxylic acids is 1. The van der Waals surface area contributed by atoms with Crippen molar-refractivity contribution in [3.63, 3.8) is 0 Å². The van der Waals surface area contributed by atoms with Crippen LogP contribution in [0.25, 0.3) is 0 Å². The number of rotatable bonds is 7. The first-order chi connectivity index (χ1) is 9.90. The summed E-state index contributed by atoms with van der Waals surface area (Å²) in [4.78, 5) is 33.9. The first kappa shape index (κ1) is 17.2. The van der Waals surface area contributed by atoms with E-state index in [2.05, 4.69) is 26.6 Å². The van der Waals surface area contributed by atoms with E-state index in [4.69, 9.17) is 5.11 Å². The zero-order chi connectivity index (χ0) is 15.8. The lowest BCUT2D eigenvalue weighted by Gasteiger charge is -2.13. The van der Waals surface area contributed by atoms with Gasteiger partial charge in [-0.25, -0.2) is 0 Å². The summed E-state index contributed by atoms with van der Waals surface area (Å²) in [5.41, 5.74) is 0.448. The lowest BCUT2D eigenvalue weighted by molar-refractivity contribution is -0.137. The van der Waals surface area contributed by atoms with Gasteiger partial charge in [-0.15, -0.1) is 0 Å². The van der Waals surface area contributed by atoms with Gasteiger partial charge in [0.2, 0.25) is 5.91 Å². The Hall–Kier alpha value is -1.89. The minimum atomic E-state index is -0.904. The van der Waals surface area contributed by atoms with Gasteiger partial charge in [0.15, 0.2) is 0 Å². The molecule has 1 aromatic carbocycles. The average Bonchev–Trinajstić information content (AvgIpc) is 2.43. The van der Waals surface area contributed by atoms with Crippen molar-refractivity contribution in [2.75, 3.05) is 6.54 Å². The Labute approximate surface area is 131 Å². The van der Waals surface area contributed by atoms with Crippen LogP contribution in [0, 0.1) is 0 Å². The molecule has 21 heavy (non-hydrogen) atoms. The van der Waals surface area contributed by atoms with E-state index in [0.29, 0.717) is 16.5 Å². The molecule has 1 unspecified atom stereocenters. The van der Waals surface area contributed by atoms with Crippen molar-refractivity contribution in [2.24, 2.45) is 0 Å². The third-order valence-corrected chi connectivity index (χ3v) is 3.42. The third-order valence-electron chi connectivity index (χ3n) is 2.73. The summed E-state index contributed by atoms with van der Waals surface area (Å²) in [7, 11) is 0. The number of benzene rings is 1. The molecule has 1 atom stereocenters. The van der Waals surface area contributed by atoms with Gasteiger partial charge < -0.3 is 15.7 Å². The number of halogens is 1. The minimum Gasteiger partial charge on any atom is -0.481 e. The van der Waals surface area contributed by atoms with Gasteiger partial charge in [0.25, 0.3) is 5.91 Å². The smallest absolute Gasteiger partial charge is 0.303 e. The molecule has 0 bridgehead atoms. The first-order valence-corrected chi connectivity index (χ1v) is 7.23. The lowest BCUT2D eigenvalue weighted by atomic mass is 10.2. The van der Waals surface area contributed by atoms with Crippen molar-refractivity contribution in [3.05, 3.63) is 34.3 Å². The Morgan fingerprint density at radius 1 is 1.29 bits per heavy atom. The zero-order valence-corrected chi connectivity index (χ0v) is 13.1. The van der Waals surface area contributed by atoms with Gasteiger partial charge in [-0.3, -0.25) is 14.4 Å². The van der Waals surface area contributed by atoms with Gasteiger partial charge >= 0.3 is 5.97 Å². The molecule has 7 heteroatoms. The molecule has 0 radical (unpaired) electrons. The van der Waals surface area contributed by atoms with E-state index in [9.17, 15) is 14.4 Å². The Morgan fingerprint density at radius 3 is 2.57 bits per heavy atom. The molecule has 0 aliphatic heterocycles. The average molecular weight is 357 g/mol. The molecule has 0 saturated heterocycles. The Morgan fingerprint density at radius 2 is 1.95 bits per heavy atom. The number of carbonyl (C=O) groups is 3. The minimum absolute atomic E-state index is 0.00916. The molecule has 0 aliphatic rings. The topological polar surface area (TPSA) is 95.5 Å². The highest BCUT2D eigenvalue weighted by Gasteiger charge is 2.12. The van der Waals surface area contributed by atoms with Crippen LogP contribution < -0.4 is 10.6 Å². The van der Waals surface area contributed by atoms with Gasteiger partial charge in [-0.2, -0.15) is 0 Å². The molecule has 6 nitrogen and oxygen atoms in total. The Balaban J connectivity index is 2.38. The molecule has 0 aromatic heterocycles. The van der Waals surface area contributed by atoms with Crippen molar-refractivity contribution in [1.82, 2.24) is 10.6 Å². The maximum absolute atomic E-state index is 11.9. The number of hydrogen-bond donors (Lipinski definition) is 3. The Kier molecular flexibility index (Phi) is 6.87. The summed E-state index contributed by atoms with van der Waals surface area (Å²) in [6, 6.07) is 6.65. The van der Waals surface area contributed by atoms with Crippen molar-refractivity contribution < 1.29 is 19.5 Å². The van der Waals surface area contributed by atoms with E-state index in [-0.39, 0.29) is 30.8 Å². The summed E-state index contributed by atoms with van der Waals surface area (Å²) in [5.74, 6) is -1.61. The standard InChI is InChI=1S/C14H17BrN2O4/c1-9(6-7-13(19)20)17-12(18)8-16-14(21)10-4-2-3-5-11(10)15/h2-5,9H,6-8H2,1H3,(H,16,21)(H,17,18)(H,19,20). The molecule has 0 fully saturated rings.